The Bertz CT molecular complexity index is 399. The van der Waals surface area contributed by atoms with Crippen molar-refractivity contribution in [2.24, 2.45) is 0 Å². The Morgan fingerprint density at radius 3 is 2.88 bits per heavy atom. The van der Waals surface area contributed by atoms with Crippen LogP contribution in [-0.2, 0) is 10.5 Å². The van der Waals surface area contributed by atoms with Gasteiger partial charge in [0.2, 0.25) is 0 Å². The number of hydrogen-bond donors (Lipinski definition) is 1. The van der Waals surface area contributed by atoms with Crippen molar-refractivity contribution in [3.05, 3.63) is 35.4 Å². The van der Waals surface area contributed by atoms with Gasteiger partial charge in [0.1, 0.15) is 5.75 Å². The summed E-state index contributed by atoms with van der Waals surface area (Å²) in [4.78, 5) is 10.4. The largest absolute Gasteiger partial charge is 0.496 e. The maximum atomic E-state index is 10.4. The lowest BCUT2D eigenvalue weighted by Gasteiger charge is -2.07. The first kappa shape index (κ1) is 12.6. The van der Waals surface area contributed by atoms with Crippen molar-refractivity contribution in [3.8, 4) is 5.75 Å². The zero-order valence-electron chi connectivity index (χ0n) is 9.27. The van der Waals surface area contributed by atoms with Crippen LogP contribution in [0.4, 0.5) is 0 Å². The van der Waals surface area contributed by atoms with Gasteiger partial charge in [-0.3, -0.25) is 0 Å². The van der Waals surface area contributed by atoms with E-state index in [2.05, 4.69) is 0 Å². The molecule has 0 aliphatic heterocycles. The number of carboxylic acids is 1. The molecule has 4 heteroatoms. The molecule has 0 atom stereocenters. The average Bonchev–Trinajstić information content (AvgIpc) is 2.27. The molecule has 1 aromatic carbocycles. The Morgan fingerprint density at radius 1 is 1.56 bits per heavy atom. The molecule has 0 aromatic heterocycles. The molecule has 0 bridgehead atoms. The molecule has 1 rings (SSSR count). The van der Waals surface area contributed by atoms with E-state index in [0.717, 1.165) is 28.7 Å². The molecule has 0 unspecified atom stereocenters. The van der Waals surface area contributed by atoms with Crippen LogP contribution < -0.4 is 4.74 Å². The number of carboxylic acid groups (broad SMARTS) is 1. The first-order chi connectivity index (χ1) is 7.67. The lowest BCUT2D eigenvalue weighted by molar-refractivity contribution is -0.131. The summed E-state index contributed by atoms with van der Waals surface area (Å²) in [6.07, 6.45) is 4.72. The average molecular weight is 238 g/mol. The molecule has 1 aromatic rings. The lowest BCUT2D eigenvalue weighted by atomic mass is 10.1. The molecular weight excluding hydrogens is 224 g/mol. The van der Waals surface area contributed by atoms with Crippen LogP contribution in [0.3, 0.4) is 0 Å². The van der Waals surface area contributed by atoms with E-state index >= 15 is 0 Å². The Morgan fingerprint density at radius 2 is 2.31 bits per heavy atom. The smallest absolute Gasteiger partial charge is 0.328 e. The van der Waals surface area contributed by atoms with Crippen molar-refractivity contribution in [1.82, 2.24) is 0 Å². The molecule has 0 spiro atoms. The third kappa shape index (κ3) is 3.62. The number of methoxy groups -OCH3 is 1. The second-order valence-electron chi connectivity index (χ2n) is 3.18. The molecule has 0 fully saturated rings. The van der Waals surface area contributed by atoms with E-state index in [1.807, 2.05) is 24.5 Å². The number of aliphatic carboxylic acids is 1. The summed E-state index contributed by atoms with van der Waals surface area (Å²) in [5.74, 6) is 0.738. The first-order valence-electron chi connectivity index (χ1n) is 4.74. The molecule has 0 aliphatic carbocycles. The van der Waals surface area contributed by atoms with Crippen LogP contribution in [0.2, 0.25) is 0 Å². The van der Waals surface area contributed by atoms with Gasteiger partial charge in [0.15, 0.2) is 0 Å². The van der Waals surface area contributed by atoms with E-state index in [4.69, 9.17) is 9.84 Å². The van der Waals surface area contributed by atoms with Crippen LogP contribution in [0.25, 0.3) is 6.08 Å². The standard InChI is InChI=1S/C12H14O3S/c1-15-11-5-3-9(4-6-12(13)14)7-10(11)8-16-2/h3-7H,8H2,1-2H3,(H,13,14)/b6-4+. The summed E-state index contributed by atoms with van der Waals surface area (Å²) in [6, 6.07) is 5.63. The second-order valence-corrected chi connectivity index (χ2v) is 4.04. The number of rotatable bonds is 5. The van der Waals surface area contributed by atoms with E-state index in [0.29, 0.717) is 0 Å². The molecule has 0 saturated heterocycles. The zero-order valence-corrected chi connectivity index (χ0v) is 10.1. The number of carbonyl (C=O) groups is 1. The Kier molecular flexibility index (Phi) is 4.92. The van der Waals surface area contributed by atoms with Crippen LogP contribution in [-0.4, -0.2) is 24.4 Å². The van der Waals surface area contributed by atoms with Gasteiger partial charge in [0.05, 0.1) is 7.11 Å². The van der Waals surface area contributed by atoms with Crippen molar-refractivity contribution >= 4 is 23.8 Å². The van der Waals surface area contributed by atoms with Gasteiger partial charge in [-0.05, 0) is 30.0 Å². The topological polar surface area (TPSA) is 46.5 Å². The highest BCUT2D eigenvalue weighted by molar-refractivity contribution is 7.97. The molecule has 16 heavy (non-hydrogen) atoms. The van der Waals surface area contributed by atoms with Crippen molar-refractivity contribution in [2.45, 2.75) is 5.75 Å². The maximum Gasteiger partial charge on any atom is 0.328 e. The maximum absolute atomic E-state index is 10.4. The number of thioether (sulfide) groups is 1. The van der Waals surface area contributed by atoms with Crippen molar-refractivity contribution in [2.75, 3.05) is 13.4 Å². The summed E-state index contributed by atoms with van der Waals surface area (Å²) in [7, 11) is 1.63. The van der Waals surface area contributed by atoms with Gasteiger partial charge in [-0.15, -0.1) is 0 Å². The first-order valence-corrected chi connectivity index (χ1v) is 6.13. The SMILES string of the molecule is COc1ccc(/C=C/C(=O)O)cc1CSC. The highest BCUT2D eigenvalue weighted by Crippen LogP contribution is 2.24. The van der Waals surface area contributed by atoms with E-state index in [1.165, 1.54) is 0 Å². The molecule has 0 amide bonds. The van der Waals surface area contributed by atoms with E-state index in [-0.39, 0.29) is 0 Å². The normalized spacial score (nSPS) is 10.6. The molecule has 3 nitrogen and oxygen atoms in total. The van der Waals surface area contributed by atoms with E-state index < -0.39 is 5.97 Å². The molecule has 0 heterocycles. The van der Waals surface area contributed by atoms with Crippen molar-refractivity contribution < 1.29 is 14.6 Å². The molecular formula is C12H14O3S. The fraction of sp³-hybridized carbons (Fsp3) is 0.250. The molecule has 0 radical (unpaired) electrons. The fourth-order valence-electron chi connectivity index (χ4n) is 1.34. The predicted octanol–water partition coefficient (Wildman–Crippen LogP) is 2.66. The van der Waals surface area contributed by atoms with E-state index in [1.54, 1.807) is 24.9 Å². The van der Waals surface area contributed by atoms with Gasteiger partial charge in [-0.2, -0.15) is 11.8 Å². The Balaban J connectivity index is 2.96. The number of ether oxygens (including phenoxy) is 1. The zero-order chi connectivity index (χ0) is 12.0. The monoisotopic (exact) mass is 238 g/mol. The molecule has 0 saturated carbocycles. The summed E-state index contributed by atoms with van der Waals surface area (Å²) >= 11 is 1.70. The van der Waals surface area contributed by atoms with Crippen molar-refractivity contribution in [3.63, 3.8) is 0 Å². The third-order valence-corrected chi connectivity index (χ3v) is 2.62. The predicted molar refractivity (Wildman–Crippen MR) is 66.9 cm³/mol. The van der Waals surface area contributed by atoms with Crippen LogP contribution in [0.5, 0.6) is 5.75 Å². The number of benzene rings is 1. The van der Waals surface area contributed by atoms with Gasteiger partial charge < -0.3 is 9.84 Å². The summed E-state index contributed by atoms with van der Waals surface area (Å²) in [5.41, 5.74) is 1.94. The Labute approximate surface area is 99.1 Å². The minimum absolute atomic E-state index is 0.835. The summed E-state index contributed by atoms with van der Waals surface area (Å²) in [5, 5.41) is 8.53. The highest BCUT2D eigenvalue weighted by Gasteiger charge is 2.02. The van der Waals surface area contributed by atoms with Gasteiger partial charge in [0.25, 0.3) is 0 Å². The number of hydrogen-bond acceptors (Lipinski definition) is 3. The highest BCUT2D eigenvalue weighted by atomic mass is 32.2. The summed E-state index contributed by atoms with van der Waals surface area (Å²) < 4.78 is 5.22. The van der Waals surface area contributed by atoms with Crippen LogP contribution in [0.15, 0.2) is 24.3 Å². The Hall–Kier alpha value is -1.42. The van der Waals surface area contributed by atoms with Gasteiger partial charge >= 0.3 is 5.97 Å². The van der Waals surface area contributed by atoms with E-state index in [9.17, 15) is 4.79 Å². The second kappa shape index (κ2) is 6.23. The van der Waals surface area contributed by atoms with Crippen molar-refractivity contribution in [1.29, 1.82) is 0 Å². The minimum atomic E-state index is -0.942. The van der Waals surface area contributed by atoms with Gasteiger partial charge in [-0.1, -0.05) is 6.07 Å². The molecule has 1 N–H and O–H groups in total. The quantitative estimate of drug-likeness (QED) is 0.801. The van der Waals surface area contributed by atoms with Gasteiger partial charge in [0, 0.05) is 17.4 Å². The van der Waals surface area contributed by atoms with Crippen LogP contribution in [0, 0.1) is 0 Å². The molecule has 86 valence electrons. The van der Waals surface area contributed by atoms with Crippen LogP contribution >= 0.6 is 11.8 Å². The fourth-order valence-corrected chi connectivity index (χ4v) is 1.87. The summed E-state index contributed by atoms with van der Waals surface area (Å²) in [6.45, 7) is 0. The molecule has 0 aliphatic rings. The van der Waals surface area contributed by atoms with Crippen LogP contribution in [0.1, 0.15) is 11.1 Å². The third-order valence-electron chi connectivity index (χ3n) is 2.02. The minimum Gasteiger partial charge on any atom is -0.496 e. The lowest BCUT2D eigenvalue weighted by Crippen LogP contribution is -1.91. The van der Waals surface area contributed by atoms with Gasteiger partial charge in [-0.25, -0.2) is 4.79 Å².